The molecule has 1 amide bonds. The quantitative estimate of drug-likeness (QED) is 0.568. The number of likely N-dealkylation sites (N-methyl/N-ethyl adjacent to an activating group) is 1. The number of hydrogen-bond donors (Lipinski definition) is 2. The van der Waals surface area contributed by atoms with E-state index in [1.165, 1.54) is 6.92 Å². The van der Waals surface area contributed by atoms with Crippen LogP contribution in [-0.2, 0) is 9.59 Å². The number of carbonyl (C=O) groups excluding carboxylic acids is 2. The first kappa shape index (κ1) is 10.1. The molecule has 0 fully saturated rings. The number of ketones is 1. The molecule has 0 aromatic carbocycles. The van der Waals surface area contributed by atoms with Gasteiger partial charge in [-0.05, 0) is 14.0 Å². The SMILES string of the molecule is CNC(=O)CC(NC)C(C)=O. The smallest absolute Gasteiger partial charge is 0.221 e. The van der Waals surface area contributed by atoms with E-state index in [1.807, 2.05) is 0 Å². The van der Waals surface area contributed by atoms with Gasteiger partial charge < -0.3 is 10.6 Å². The van der Waals surface area contributed by atoms with Crippen LogP contribution in [0.15, 0.2) is 0 Å². The van der Waals surface area contributed by atoms with Gasteiger partial charge in [-0.25, -0.2) is 0 Å². The van der Waals surface area contributed by atoms with Crippen LogP contribution in [0.3, 0.4) is 0 Å². The zero-order valence-electron chi connectivity index (χ0n) is 7.10. The third-order valence-corrected chi connectivity index (χ3v) is 1.51. The molecule has 0 radical (unpaired) electrons. The van der Waals surface area contributed by atoms with Crippen LogP contribution in [0.25, 0.3) is 0 Å². The molecule has 0 aliphatic heterocycles. The summed E-state index contributed by atoms with van der Waals surface area (Å²) in [6, 6.07) is -0.352. The summed E-state index contributed by atoms with van der Waals surface area (Å²) >= 11 is 0. The molecule has 0 spiro atoms. The largest absolute Gasteiger partial charge is 0.359 e. The van der Waals surface area contributed by atoms with Crippen LogP contribution in [0.2, 0.25) is 0 Å². The number of nitrogens with one attached hydrogen (secondary N) is 2. The van der Waals surface area contributed by atoms with Crippen LogP contribution >= 0.6 is 0 Å². The van der Waals surface area contributed by atoms with Gasteiger partial charge in [-0.3, -0.25) is 9.59 Å². The maximum atomic E-state index is 10.8. The summed E-state index contributed by atoms with van der Waals surface area (Å²) in [6.45, 7) is 1.46. The molecule has 0 aromatic rings. The fourth-order valence-electron chi connectivity index (χ4n) is 0.737. The normalized spacial score (nSPS) is 12.3. The Hall–Kier alpha value is -0.900. The van der Waals surface area contributed by atoms with Gasteiger partial charge in [0.25, 0.3) is 0 Å². The molecule has 1 unspecified atom stereocenters. The van der Waals surface area contributed by atoms with E-state index in [4.69, 9.17) is 0 Å². The van der Waals surface area contributed by atoms with Crippen molar-refractivity contribution in [2.75, 3.05) is 14.1 Å². The minimum absolute atomic E-state index is 0.0175. The van der Waals surface area contributed by atoms with Crippen molar-refractivity contribution >= 4 is 11.7 Å². The number of hydrogen-bond acceptors (Lipinski definition) is 3. The Bertz CT molecular complexity index is 157. The molecule has 0 aliphatic carbocycles. The minimum atomic E-state index is -0.352. The highest BCUT2D eigenvalue weighted by Gasteiger charge is 2.14. The van der Waals surface area contributed by atoms with E-state index in [0.717, 1.165) is 0 Å². The lowest BCUT2D eigenvalue weighted by atomic mass is 10.1. The van der Waals surface area contributed by atoms with E-state index in [1.54, 1.807) is 14.1 Å². The van der Waals surface area contributed by atoms with E-state index >= 15 is 0 Å². The van der Waals surface area contributed by atoms with Crippen molar-refractivity contribution in [3.63, 3.8) is 0 Å². The van der Waals surface area contributed by atoms with Gasteiger partial charge in [0.2, 0.25) is 5.91 Å². The molecule has 11 heavy (non-hydrogen) atoms. The summed E-state index contributed by atoms with van der Waals surface area (Å²) < 4.78 is 0. The average Bonchev–Trinajstić information content (AvgIpc) is 1.99. The second-order valence-electron chi connectivity index (χ2n) is 2.33. The van der Waals surface area contributed by atoms with E-state index in [9.17, 15) is 9.59 Å². The Morgan fingerprint density at radius 3 is 2.18 bits per heavy atom. The van der Waals surface area contributed by atoms with Crippen molar-refractivity contribution in [1.82, 2.24) is 10.6 Å². The molecule has 0 bridgehead atoms. The summed E-state index contributed by atoms with van der Waals surface area (Å²) in [5.74, 6) is -0.143. The van der Waals surface area contributed by atoms with Crippen molar-refractivity contribution < 1.29 is 9.59 Å². The lowest BCUT2D eigenvalue weighted by molar-refractivity contribution is -0.125. The fraction of sp³-hybridized carbons (Fsp3) is 0.714. The molecular weight excluding hydrogens is 144 g/mol. The van der Waals surface area contributed by atoms with Crippen LogP contribution in [0, 0.1) is 0 Å². The van der Waals surface area contributed by atoms with Gasteiger partial charge in [-0.1, -0.05) is 0 Å². The van der Waals surface area contributed by atoms with Crippen LogP contribution in [-0.4, -0.2) is 31.8 Å². The van der Waals surface area contributed by atoms with E-state index < -0.39 is 0 Å². The first-order valence-corrected chi connectivity index (χ1v) is 3.50. The van der Waals surface area contributed by atoms with Crippen molar-refractivity contribution in [3.05, 3.63) is 0 Å². The van der Waals surface area contributed by atoms with Crippen LogP contribution in [0.1, 0.15) is 13.3 Å². The molecule has 64 valence electrons. The van der Waals surface area contributed by atoms with Gasteiger partial charge in [0, 0.05) is 13.5 Å². The van der Waals surface area contributed by atoms with Crippen LogP contribution in [0.5, 0.6) is 0 Å². The van der Waals surface area contributed by atoms with Crippen LogP contribution in [0.4, 0.5) is 0 Å². The van der Waals surface area contributed by atoms with E-state index in [-0.39, 0.29) is 24.2 Å². The predicted molar refractivity (Wildman–Crippen MR) is 42.2 cm³/mol. The third kappa shape index (κ3) is 3.72. The summed E-state index contributed by atoms with van der Waals surface area (Å²) in [4.78, 5) is 21.6. The van der Waals surface area contributed by atoms with Gasteiger partial charge in [-0.15, -0.1) is 0 Å². The molecule has 0 aliphatic rings. The third-order valence-electron chi connectivity index (χ3n) is 1.51. The summed E-state index contributed by atoms with van der Waals surface area (Å²) in [5.41, 5.74) is 0. The fourth-order valence-corrected chi connectivity index (χ4v) is 0.737. The zero-order chi connectivity index (χ0) is 8.85. The Labute approximate surface area is 66.4 Å². The Morgan fingerprint density at radius 1 is 1.36 bits per heavy atom. The van der Waals surface area contributed by atoms with Crippen molar-refractivity contribution in [1.29, 1.82) is 0 Å². The molecule has 0 saturated heterocycles. The molecule has 2 N–H and O–H groups in total. The number of rotatable bonds is 4. The van der Waals surface area contributed by atoms with Crippen LogP contribution < -0.4 is 10.6 Å². The Kier molecular flexibility index (Phi) is 4.45. The predicted octanol–water partition coefficient (Wildman–Crippen LogP) is -0.701. The molecule has 0 aromatic heterocycles. The summed E-state index contributed by atoms with van der Waals surface area (Å²) in [5, 5.41) is 5.21. The topological polar surface area (TPSA) is 58.2 Å². The maximum absolute atomic E-state index is 10.8. The van der Waals surface area contributed by atoms with Crippen molar-refractivity contribution in [2.45, 2.75) is 19.4 Å². The van der Waals surface area contributed by atoms with Crippen molar-refractivity contribution in [2.24, 2.45) is 0 Å². The van der Waals surface area contributed by atoms with Crippen molar-refractivity contribution in [3.8, 4) is 0 Å². The highest BCUT2D eigenvalue weighted by molar-refractivity contribution is 5.87. The van der Waals surface area contributed by atoms with Gasteiger partial charge in [-0.2, -0.15) is 0 Å². The molecule has 4 heteroatoms. The molecular formula is C7H14N2O2. The average molecular weight is 158 g/mol. The highest BCUT2D eigenvalue weighted by Crippen LogP contribution is 1.91. The van der Waals surface area contributed by atoms with Gasteiger partial charge in [0.1, 0.15) is 5.78 Å². The molecule has 4 nitrogen and oxygen atoms in total. The molecule has 0 heterocycles. The zero-order valence-corrected chi connectivity index (χ0v) is 7.10. The lowest BCUT2D eigenvalue weighted by Gasteiger charge is -2.10. The van der Waals surface area contributed by atoms with E-state index in [0.29, 0.717) is 0 Å². The second-order valence-corrected chi connectivity index (χ2v) is 2.33. The first-order valence-electron chi connectivity index (χ1n) is 3.50. The van der Waals surface area contributed by atoms with Gasteiger partial charge >= 0.3 is 0 Å². The minimum Gasteiger partial charge on any atom is -0.359 e. The van der Waals surface area contributed by atoms with Gasteiger partial charge in [0.15, 0.2) is 0 Å². The number of carbonyl (C=O) groups is 2. The van der Waals surface area contributed by atoms with E-state index in [2.05, 4.69) is 10.6 Å². The van der Waals surface area contributed by atoms with Gasteiger partial charge in [0.05, 0.1) is 6.04 Å². The second kappa shape index (κ2) is 4.85. The lowest BCUT2D eigenvalue weighted by Crippen LogP contribution is -2.37. The summed E-state index contributed by atoms with van der Waals surface area (Å²) in [6.07, 6.45) is 0.211. The first-order chi connectivity index (χ1) is 5.11. The summed E-state index contributed by atoms with van der Waals surface area (Å²) in [7, 11) is 3.21. The Balaban J connectivity index is 3.88. The Morgan fingerprint density at radius 2 is 1.91 bits per heavy atom. The highest BCUT2D eigenvalue weighted by atomic mass is 16.2. The molecule has 1 atom stereocenters. The maximum Gasteiger partial charge on any atom is 0.221 e. The number of Topliss-reactive ketones (excluding diaryl/α,β-unsaturated/α-hetero) is 1. The standard InChI is InChI=1S/C7H14N2O2/c1-5(10)6(8-2)4-7(11)9-3/h6,8H,4H2,1-3H3,(H,9,11). The molecule has 0 rings (SSSR count). The number of amides is 1. The molecule has 0 saturated carbocycles. The monoisotopic (exact) mass is 158 g/mol.